The van der Waals surface area contributed by atoms with Crippen LogP contribution in [0.2, 0.25) is 0 Å². The summed E-state index contributed by atoms with van der Waals surface area (Å²) in [5.74, 6) is -0.0996. The van der Waals surface area contributed by atoms with Gasteiger partial charge in [0.05, 0.1) is 23.0 Å². The first kappa shape index (κ1) is 17.6. The molecule has 0 radical (unpaired) electrons. The summed E-state index contributed by atoms with van der Waals surface area (Å²) in [6.45, 7) is 7.90. The van der Waals surface area contributed by atoms with E-state index in [1.54, 1.807) is 10.9 Å². The fourth-order valence-electron chi connectivity index (χ4n) is 3.05. The van der Waals surface area contributed by atoms with Gasteiger partial charge < -0.3 is 15.7 Å². The van der Waals surface area contributed by atoms with Crippen LogP contribution in [-0.2, 0) is 5.41 Å². The summed E-state index contributed by atoms with van der Waals surface area (Å²) in [5.41, 5.74) is 2.01. The molecule has 0 aliphatic carbocycles. The molecule has 0 bridgehead atoms. The number of β-amino-alcohol motifs (C(OH)–C–C–N with tert-alkyl or cyclic N) is 1. The van der Waals surface area contributed by atoms with E-state index in [2.05, 4.69) is 15.7 Å². The van der Waals surface area contributed by atoms with Crippen molar-refractivity contribution in [3.8, 4) is 5.69 Å². The smallest absolute Gasteiger partial charge is 0.254 e. The van der Waals surface area contributed by atoms with Crippen LogP contribution in [0.15, 0.2) is 36.5 Å². The van der Waals surface area contributed by atoms with Gasteiger partial charge in [0.1, 0.15) is 0 Å². The number of hydrogen-bond donors (Lipinski definition) is 3. The van der Waals surface area contributed by atoms with Gasteiger partial charge in [-0.1, -0.05) is 39.0 Å². The van der Waals surface area contributed by atoms with Crippen LogP contribution in [0.5, 0.6) is 0 Å². The van der Waals surface area contributed by atoms with Crippen molar-refractivity contribution >= 4 is 5.91 Å². The normalized spacial score (nSPS) is 20.6. The highest BCUT2D eigenvalue weighted by atomic mass is 16.3. The van der Waals surface area contributed by atoms with Gasteiger partial charge in [-0.05, 0) is 12.1 Å². The van der Waals surface area contributed by atoms with E-state index in [4.69, 9.17) is 0 Å². The average Bonchev–Trinajstić information content (AvgIpc) is 3.20. The molecule has 2 unspecified atom stereocenters. The number of aromatic nitrogens is 2. The highest BCUT2D eigenvalue weighted by Crippen LogP contribution is 2.25. The van der Waals surface area contributed by atoms with Crippen LogP contribution in [0, 0.1) is 5.92 Å². The monoisotopic (exact) mass is 342 g/mol. The molecule has 1 aliphatic rings. The zero-order valence-electron chi connectivity index (χ0n) is 15.0. The highest BCUT2D eigenvalue weighted by molar-refractivity contribution is 5.95. The Balaban J connectivity index is 1.83. The summed E-state index contributed by atoms with van der Waals surface area (Å²) in [6, 6.07) is 9.76. The van der Waals surface area contributed by atoms with Gasteiger partial charge >= 0.3 is 0 Å². The first-order valence-electron chi connectivity index (χ1n) is 8.69. The summed E-state index contributed by atoms with van der Waals surface area (Å²) in [4.78, 5) is 12.8. The Kier molecular flexibility index (Phi) is 4.92. The Morgan fingerprint density at radius 1 is 1.32 bits per heavy atom. The maximum atomic E-state index is 12.8. The third kappa shape index (κ3) is 3.91. The van der Waals surface area contributed by atoms with Gasteiger partial charge in [0.2, 0.25) is 0 Å². The minimum atomic E-state index is -0.408. The van der Waals surface area contributed by atoms with Crippen molar-refractivity contribution in [3.05, 3.63) is 47.8 Å². The Labute approximate surface area is 148 Å². The lowest BCUT2D eigenvalue weighted by Gasteiger charge is -2.18. The zero-order chi connectivity index (χ0) is 18.0. The number of amides is 1. The second-order valence-corrected chi connectivity index (χ2v) is 7.62. The van der Waals surface area contributed by atoms with Crippen molar-refractivity contribution in [2.75, 3.05) is 19.6 Å². The van der Waals surface area contributed by atoms with Gasteiger partial charge in [0, 0.05) is 37.2 Å². The number of carbonyl (C=O) groups is 1. The van der Waals surface area contributed by atoms with E-state index in [1.807, 2.05) is 51.1 Å². The number of nitrogens with one attached hydrogen (secondary N) is 2. The first-order valence-corrected chi connectivity index (χ1v) is 8.69. The Morgan fingerprint density at radius 2 is 2.04 bits per heavy atom. The number of rotatable bonds is 4. The summed E-state index contributed by atoms with van der Waals surface area (Å²) in [6.07, 6.45) is 1.38. The SMILES string of the molecule is CC(C)(C)c1nn(-c2ccccc2)cc1C(=O)NCC1CNCC1O. The van der Waals surface area contributed by atoms with Crippen LogP contribution < -0.4 is 10.6 Å². The fraction of sp³-hybridized carbons (Fsp3) is 0.474. The highest BCUT2D eigenvalue weighted by Gasteiger charge is 2.29. The number of aliphatic hydroxyl groups is 1. The molecular weight excluding hydrogens is 316 g/mol. The number of carbonyl (C=O) groups excluding carboxylic acids is 1. The predicted octanol–water partition coefficient (Wildman–Crippen LogP) is 1.48. The number of hydrogen-bond acceptors (Lipinski definition) is 4. The van der Waals surface area contributed by atoms with E-state index >= 15 is 0 Å². The maximum absolute atomic E-state index is 12.8. The van der Waals surface area contributed by atoms with Crippen molar-refractivity contribution in [1.29, 1.82) is 0 Å². The second-order valence-electron chi connectivity index (χ2n) is 7.62. The second kappa shape index (κ2) is 6.98. The molecule has 25 heavy (non-hydrogen) atoms. The quantitative estimate of drug-likeness (QED) is 0.786. The summed E-state index contributed by atoms with van der Waals surface area (Å²) in [7, 11) is 0. The molecule has 3 N–H and O–H groups in total. The van der Waals surface area contributed by atoms with E-state index in [9.17, 15) is 9.90 Å². The van der Waals surface area contributed by atoms with Crippen molar-refractivity contribution < 1.29 is 9.90 Å². The molecule has 6 nitrogen and oxygen atoms in total. The molecule has 1 aromatic heterocycles. The maximum Gasteiger partial charge on any atom is 0.254 e. The summed E-state index contributed by atoms with van der Waals surface area (Å²) >= 11 is 0. The molecule has 1 amide bonds. The average molecular weight is 342 g/mol. The molecule has 0 saturated carbocycles. The molecule has 2 heterocycles. The third-order valence-corrected chi connectivity index (χ3v) is 4.52. The van der Waals surface area contributed by atoms with E-state index in [-0.39, 0.29) is 17.2 Å². The lowest BCUT2D eigenvalue weighted by atomic mass is 9.89. The van der Waals surface area contributed by atoms with Gasteiger partial charge in [-0.3, -0.25) is 4.79 Å². The van der Waals surface area contributed by atoms with E-state index in [0.717, 1.165) is 17.9 Å². The molecule has 1 aromatic carbocycles. The van der Waals surface area contributed by atoms with E-state index < -0.39 is 6.10 Å². The van der Waals surface area contributed by atoms with Crippen LogP contribution in [0.4, 0.5) is 0 Å². The zero-order valence-corrected chi connectivity index (χ0v) is 15.0. The standard InChI is InChI=1S/C19H26N4O2/c1-19(2,3)17-15(12-23(22-17)14-7-5-4-6-8-14)18(25)21-10-13-9-20-11-16(13)24/h4-8,12-13,16,20,24H,9-11H2,1-3H3,(H,21,25). The van der Waals surface area contributed by atoms with E-state index in [1.165, 1.54) is 0 Å². The molecule has 1 fully saturated rings. The van der Waals surface area contributed by atoms with Gasteiger partial charge in [0.15, 0.2) is 0 Å². The largest absolute Gasteiger partial charge is 0.391 e. The Hall–Kier alpha value is -2.18. The molecule has 2 aromatic rings. The van der Waals surface area contributed by atoms with Crippen molar-refractivity contribution in [1.82, 2.24) is 20.4 Å². The number of benzene rings is 1. The van der Waals surface area contributed by atoms with Crippen LogP contribution in [0.25, 0.3) is 5.69 Å². The van der Waals surface area contributed by atoms with Crippen molar-refractivity contribution in [2.45, 2.75) is 32.3 Å². The van der Waals surface area contributed by atoms with Crippen LogP contribution >= 0.6 is 0 Å². The molecule has 3 rings (SSSR count). The fourth-order valence-corrected chi connectivity index (χ4v) is 3.05. The number of para-hydroxylation sites is 1. The summed E-state index contributed by atoms with van der Waals surface area (Å²) in [5, 5.41) is 20.6. The molecule has 0 spiro atoms. The predicted molar refractivity (Wildman–Crippen MR) is 97.0 cm³/mol. The summed E-state index contributed by atoms with van der Waals surface area (Å²) < 4.78 is 1.75. The Bertz CT molecular complexity index is 734. The molecule has 1 aliphatic heterocycles. The number of nitrogens with zero attached hydrogens (tertiary/aromatic N) is 2. The lowest BCUT2D eigenvalue weighted by Crippen LogP contribution is -2.35. The van der Waals surface area contributed by atoms with Gasteiger partial charge in [-0.25, -0.2) is 4.68 Å². The van der Waals surface area contributed by atoms with Crippen LogP contribution in [0.1, 0.15) is 36.8 Å². The van der Waals surface area contributed by atoms with Gasteiger partial charge in [-0.2, -0.15) is 5.10 Å². The first-order chi connectivity index (χ1) is 11.9. The Morgan fingerprint density at radius 3 is 2.64 bits per heavy atom. The minimum Gasteiger partial charge on any atom is -0.391 e. The third-order valence-electron chi connectivity index (χ3n) is 4.52. The minimum absolute atomic E-state index is 0.0474. The van der Waals surface area contributed by atoms with E-state index in [0.29, 0.717) is 18.7 Å². The van der Waals surface area contributed by atoms with Crippen molar-refractivity contribution in [3.63, 3.8) is 0 Å². The molecule has 134 valence electrons. The topological polar surface area (TPSA) is 79.2 Å². The molecular formula is C19H26N4O2. The lowest BCUT2D eigenvalue weighted by molar-refractivity contribution is 0.0925. The van der Waals surface area contributed by atoms with Crippen molar-refractivity contribution in [2.24, 2.45) is 5.92 Å². The van der Waals surface area contributed by atoms with Crippen LogP contribution in [-0.4, -0.2) is 46.5 Å². The van der Waals surface area contributed by atoms with Gasteiger partial charge in [-0.15, -0.1) is 0 Å². The molecule has 1 saturated heterocycles. The van der Waals surface area contributed by atoms with Crippen LogP contribution in [0.3, 0.4) is 0 Å². The number of aliphatic hydroxyl groups excluding tert-OH is 1. The van der Waals surface area contributed by atoms with Gasteiger partial charge in [0.25, 0.3) is 5.91 Å². The molecule has 6 heteroatoms. The molecule has 2 atom stereocenters.